The third-order valence-electron chi connectivity index (χ3n) is 3.23. The van der Waals surface area contributed by atoms with Crippen molar-refractivity contribution >= 4 is 27.7 Å². The van der Waals surface area contributed by atoms with E-state index < -0.39 is 16.6 Å². The van der Waals surface area contributed by atoms with Crippen LogP contribution in [0.5, 0.6) is 11.5 Å². The molecule has 0 amide bonds. The third-order valence-corrected chi connectivity index (χ3v) is 4.52. The summed E-state index contributed by atoms with van der Waals surface area (Å²) in [5, 5.41) is 1.58. The highest BCUT2D eigenvalue weighted by molar-refractivity contribution is 7.92. The molecule has 0 aliphatic heterocycles. The molecule has 0 fully saturated rings. The molecule has 140 valence electrons. The molecule has 0 unspecified atom stereocenters. The summed E-state index contributed by atoms with van der Waals surface area (Å²) in [5.41, 5.74) is 1.20. The molecule has 9 heteroatoms. The molecule has 0 radical (unpaired) electrons. The molecule has 0 heterocycles. The van der Waals surface area contributed by atoms with Gasteiger partial charge >= 0.3 is 6.61 Å². The van der Waals surface area contributed by atoms with Crippen molar-refractivity contribution in [3.8, 4) is 11.5 Å². The number of alkyl halides is 2. The van der Waals surface area contributed by atoms with E-state index >= 15 is 0 Å². The summed E-state index contributed by atoms with van der Waals surface area (Å²) < 4.78 is 60.3. The maximum Gasteiger partial charge on any atom is 0.387 e. The van der Waals surface area contributed by atoms with Gasteiger partial charge in [-0.05, 0) is 41.5 Å². The van der Waals surface area contributed by atoms with E-state index in [1.165, 1.54) is 31.4 Å². The number of methoxy groups -OCH3 is 1. The second kappa shape index (κ2) is 8.98. The molecule has 0 aliphatic rings. The zero-order valence-corrected chi connectivity index (χ0v) is 15.2. The van der Waals surface area contributed by atoms with Crippen LogP contribution in [-0.4, -0.2) is 22.1 Å². The second-order valence-corrected chi connectivity index (χ2v) is 7.17. The van der Waals surface area contributed by atoms with Crippen molar-refractivity contribution < 1.29 is 26.7 Å². The highest BCUT2D eigenvalue weighted by Crippen LogP contribution is 2.29. The minimum absolute atomic E-state index is 0.0430. The van der Waals surface area contributed by atoms with Gasteiger partial charge in [0, 0.05) is 17.0 Å². The monoisotopic (exact) mass is 403 g/mol. The fourth-order valence-corrected chi connectivity index (χ4v) is 2.92. The molecule has 0 aliphatic carbocycles. The number of hydrogen-bond acceptors (Lipinski definition) is 4. The molecule has 0 aromatic heterocycles. The highest BCUT2D eigenvalue weighted by atomic mass is 35.5. The molecular formula is C17H16ClF2NO4S. The summed E-state index contributed by atoms with van der Waals surface area (Å²) in [6, 6.07) is 10.8. The van der Waals surface area contributed by atoms with Gasteiger partial charge in [-0.2, -0.15) is 8.78 Å². The summed E-state index contributed by atoms with van der Waals surface area (Å²) in [6.45, 7) is -3.02. The summed E-state index contributed by atoms with van der Waals surface area (Å²) >= 11 is 5.77. The molecule has 26 heavy (non-hydrogen) atoms. The molecule has 0 saturated heterocycles. The zero-order valence-electron chi connectivity index (χ0n) is 13.7. The van der Waals surface area contributed by atoms with Crippen molar-refractivity contribution in [3.05, 3.63) is 64.0 Å². The minimum atomic E-state index is -3.69. The molecule has 0 saturated carbocycles. The first-order valence-electron chi connectivity index (χ1n) is 7.34. The number of hydrogen-bond donors (Lipinski definition) is 1. The Balaban J connectivity index is 2.03. The molecule has 1 N–H and O–H groups in total. The van der Waals surface area contributed by atoms with E-state index in [0.717, 1.165) is 5.41 Å². The van der Waals surface area contributed by atoms with Gasteiger partial charge in [-0.15, -0.1) is 0 Å². The SMILES string of the molecule is COc1cc(CNS(=O)(=O)/C=C/c2ccc(Cl)cc2)ccc1OC(F)F. The van der Waals surface area contributed by atoms with Crippen LogP contribution in [-0.2, 0) is 16.6 Å². The van der Waals surface area contributed by atoms with Crippen molar-refractivity contribution in [1.29, 1.82) is 0 Å². The maximum atomic E-state index is 12.3. The van der Waals surface area contributed by atoms with Gasteiger partial charge in [0.15, 0.2) is 11.5 Å². The van der Waals surface area contributed by atoms with Crippen LogP contribution in [0, 0.1) is 0 Å². The lowest BCUT2D eigenvalue weighted by Gasteiger charge is -2.11. The lowest BCUT2D eigenvalue weighted by molar-refractivity contribution is -0.0512. The smallest absolute Gasteiger partial charge is 0.387 e. The lowest BCUT2D eigenvalue weighted by Crippen LogP contribution is -2.20. The first kappa shape index (κ1) is 20.2. The Morgan fingerprint density at radius 1 is 1.15 bits per heavy atom. The Bertz CT molecular complexity index is 871. The van der Waals surface area contributed by atoms with E-state index in [9.17, 15) is 17.2 Å². The van der Waals surface area contributed by atoms with Crippen molar-refractivity contribution in [3.63, 3.8) is 0 Å². The van der Waals surface area contributed by atoms with Crippen LogP contribution in [0.2, 0.25) is 5.02 Å². The number of nitrogens with one attached hydrogen (secondary N) is 1. The molecule has 5 nitrogen and oxygen atoms in total. The Hall–Kier alpha value is -2.16. The Morgan fingerprint density at radius 3 is 2.46 bits per heavy atom. The molecule has 0 bridgehead atoms. The molecule has 2 aromatic rings. The van der Waals surface area contributed by atoms with Crippen molar-refractivity contribution in [2.24, 2.45) is 0 Å². The van der Waals surface area contributed by atoms with E-state index in [-0.39, 0.29) is 18.0 Å². The standard InChI is InChI=1S/C17H16ClF2NO4S/c1-24-16-10-13(4-7-15(16)25-17(19)20)11-21-26(22,23)9-8-12-2-5-14(18)6-3-12/h2-10,17,21H,11H2,1H3/b9-8+. The number of benzene rings is 2. The van der Waals surface area contributed by atoms with Crippen LogP contribution in [0.1, 0.15) is 11.1 Å². The van der Waals surface area contributed by atoms with Gasteiger partial charge in [0.1, 0.15) is 0 Å². The van der Waals surface area contributed by atoms with Gasteiger partial charge in [0.2, 0.25) is 10.0 Å². The van der Waals surface area contributed by atoms with Gasteiger partial charge in [0.25, 0.3) is 0 Å². The van der Waals surface area contributed by atoms with Crippen molar-refractivity contribution in [2.75, 3.05) is 7.11 Å². The van der Waals surface area contributed by atoms with E-state index in [0.29, 0.717) is 16.1 Å². The molecule has 2 aromatic carbocycles. The summed E-state index contributed by atoms with van der Waals surface area (Å²) in [5.74, 6) is -0.0459. The van der Waals surface area contributed by atoms with Crippen LogP contribution in [0.25, 0.3) is 6.08 Å². The normalized spacial score (nSPS) is 11.9. The van der Waals surface area contributed by atoms with Gasteiger partial charge < -0.3 is 9.47 Å². The number of ether oxygens (including phenoxy) is 2. The molecule has 2 rings (SSSR count). The summed E-state index contributed by atoms with van der Waals surface area (Å²) in [7, 11) is -2.39. The quantitative estimate of drug-likeness (QED) is 0.722. The lowest BCUT2D eigenvalue weighted by atomic mass is 10.2. The number of sulfonamides is 1. The first-order chi connectivity index (χ1) is 12.3. The van der Waals surface area contributed by atoms with E-state index in [1.54, 1.807) is 24.3 Å². The van der Waals surface area contributed by atoms with Crippen LogP contribution in [0.3, 0.4) is 0 Å². The Morgan fingerprint density at radius 2 is 1.85 bits per heavy atom. The van der Waals surface area contributed by atoms with Crippen LogP contribution < -0.4 is 14.2 Å². The van der Waals surface area contributed by atoms with Crippen molar-refractivity contribution in [1.82, 2.24) is 4.72 Å². The summed E-state index contributed by atoms with van der Waals surface area (Å²) in [6.07, 6.45) is 1.43. The number of rotatable bonds is 8. The average Bonchev–Trinajstić information content (AvgIpc) is 2.60. The first-order valence-corrected chi connectivity index (χ1v) is 9.26. The largest absolute Gasteiger partial charge is 0.493 e. The highest BCUT2D eigenvalue weighted by Gasteiger charge is 2.12. The van der Waals surface area contributed by atoms with Crippen LogP contribution in [0.15, 0.2) is 47.9 Å². The predicted molar refractivity (Wildman–Crippen MR) is 95.9 cm³/mol. The van der Waals surface area contributed by atoms with E-state index in [1.807, 2.05) is 0 Å². The Kier molecular flexibility index (Phi) is 6.96. The van der Waals surface area contributed by atoms with E-state index in [4.69, 9.17) is 16.3 Å². The molecular weight excluding hydrogens is 388 g/mol. The number of halogens is 3. The third kappa shape index (κ3) is 6.29. The zero-order chi connectivity index (χ0) is 19.2. The second-order valence-electron chi connectivity index (χ2n) is 5.08. The van der Waals surface area contributed by atoms with Crippen LogP contribution in [0.4, 0.5) is 8.78 Å². The van der Waals surface area contributed by atoms with Gasteiger partial charge in [-0.1, -0.05) is 29.8 Å². The molecule has 0 spiro atoms. The fourth-order valence-electron chi connectivity index (χ4n) is 1.99. The average molecular weight is 404 g/mol. The maximum absolute atomic E-state index is 12.3. The van der Waals surface area contributed by atoms with Gasteiger partial charge in [-0.3, -0.25) is 0 Å². The Labute approximate surface area is 155 Å². The fraction of sp³-hybridized carbons (Fsp3) is 0.176. The predicted octanol–water partition coefficient (Wildman–Crippen LogP) is 4.04. The van der Waals surface area contributed by atoms with Crippen LogP contribution >= 0.6 is 11.6 Å². The molecule has 0 atom stereocenters. The van der Waals surface area contributed by atoms with Gasteiger partial charge in [0.05, 0.1) is 7.11 Å². The summed E-state index contributed by atoms with van der Waals surface area (Å²) in [4.78, 5) is 0. The van der Waals surface area contributed by atoms with Crippen molar-refractivity contribution in [2.45, 2.75) is 13.2 Å². The minimum Gasteiger partial charge on any atom is -0.493 e. The van der Waals surface area contributed by atoms with E-state index in [2.05, 4.69) is 9.46 Å². The van der Waals surface area contributed by atoms with Gasteiger partial charge in [-0.25, -0.2) is 13.1 Å². The topological polar surface area (TPSA) is 64.6 Å².